The minimum atomic E-state index is -1.73. The van der Waals surface area contributed by atoms with Crippen LogP contribution in [0.4, 0.5) is 10.6 Å². The van der Waals surface area contributed by atoms with E-state index >= 15 is 0 Å². The average molecular weight is 528 g/mol. The van der Waals surface area contributed by atoms with E-state index in [9.17, 15) is 24.6 Å². The molecular weight excluding hydrogens is 494 g/mol. The molecule has 0 radical (unpaired) electrons. The molecule has 1 saturated carbocycles. The molecule has 38 heavy (non-hydrogen) atoms. The van der Waals surface area contributed by atoms with E-state index in [1.54, 1.807) is 0 Å². The second kappa shape index (κ2) is 10.9. The van der Waals surface area contributed by atoms with E-state index in [1.165, 1.54) is 10.5 Å². The van der Waals surface area contributed by atoms with Gasteiger partial charge in [0, 0.05) is 37.8 Å². The van der Waals surface area contributed by atoms with Crippen molar-refractivity contribution in [2.24, 2.45) is 0 Å². The quantitative estimate of drug-likeness (QED) is 0.296. The third-order valence-corrected chi connectivity index (χ3v) is 7.38. The van der Waals surface area contributed by atoms with Crippen LogP contribution in [-0.2, 0) is 17.6 Å². The van der Waals surface area contributed by atoms with Crippen molar-refractivity contribution in [2.45, 2.75) is 68.9 Å². The molecule has 3 aliphatic rings. The number of anilines is 1. The summed E-state index contributed by atoms with van der Waals surface area (Å²) in [5.41, 5.74) is 0.478. The van der Waals surface area contributed by atoms with Gasteiger partial charge in [-0.2, -0.15) is 0 Å². The van der Waals surface area contributed by atoms with Gasteiger partial charge in [0.2, 0.25) is 5.89 Å². The molecule has 0 bridgehead atoms. The Bertz CT molecular complexity index is 1190. The van der Waals surface area contributed by atoms with Crippen LogP contribution < -0.4 is 16.0 Å². The van der Waals surface area contributed by atoms with Crippen LogP contribution in [0.15, 0.2) is 16.5 Å². The number of aryl methyl sites for hydroxylation is 2. The Morgan fingerprint density at radius 1 is 1.21 bits per heavy atom. The van der Waals surface area contributed by atoms with E-state index in [4.69, 9.17) is 4.42 Å². The van der Waals surface area contributed by atoms with Gasteiger partial charge in [-0.3, -0.25) is 4.79 Å². The molecule has 1 unspecified atom stereocenters. The summed E-state index contributed by atoms with van der Waals surface area (Å²) in [6.07, 6.45) is 5.40. The highest BCUT2D eigenvalue weighted by Gasteiger charge is 2.46. The van der Waals surface area contributed by atoms with Crippen LogP contribution in [-0.4, -0.2) is 86.0 Å². The molecule has 5 rings (SSSR count). The number of likely N-dealkylation sites (tertiary alicyclic amines) is 1. The standard InChI is InChI=1S/C25H33N7O6/c33-20(22-31-30-21(38-22)16-5-6-16)29-18(23(34)35)25(37)9-13-32(14-10-25)24(36)27-12-2-4-17-8-7-15-3-1-11-26-19(15)28-17/h7-8,16,18,37H,1-6,9-14H2,(H,26,28)(H,27,36)(H,29,33)(H,34,35). The fraction of sp³-hybridized carbons (Fsp3) is 0.600. The summed E-state index contributed by atoms with van der Waals surface area (Å²) in [4.78, 5) is 43.3. The maximum Gasteiger partial charge on any atom is 0.329 e. The number of hydrogen-bond donors (Lipinski definition) is 5. The molecule has 1 aliphatic carbocycles. The van der Waals surface area contributed by atoms with Crippen LogP contribution in [0.2, 0.25) is 0 Å². The molecule has 1 atom stereocenters. The van der Waals surface area contributed by atoms with Crippen LogP contribution >= 0.6 is 0 Å². The summed E-state index contributed by atoms with van der Waals surface area (Å²) in [7, 11) is 0. The molecule has 5 N–H and O–H groups in total. The number of pyridine rings is 1. The number of carbonyl (C=O) groups excluding carboxylic acids is 2. The number of carboxylic acid groups (broad SMARTS) is 1. The summed E-state index contributed by atoms with van der Waals surface area (Å²) in [5.74, 6) is -1.11. The number of fused-ring (bicyclic) bond motifs is 1. The van der Waals surface area contributed by atoms with E-state index in [0.29, 0.717) is 12.4 Å². The van der Waals surface area contributed by atoms with Crippen LogP contribution in [0.3, 0.4) is 0 Å². The lowest BCUT2D eigenvalue weighted by Gasteiger charge is -2.41. The van der Waals surface area contributed by atoms with Gasteiger partial charge in [0.25, 0.3) is 0 Å². The maximum atomic E-state index is 12.6. The van der Waals surface area contributed by atoms with Crippen molar-refractivity contribution in [2.75, 3.05) is 31.5 Å². The zero-order valence-corrected chi connectivity index (χ0v) is 21.1. The Morgan fingerprint density at radius 2 is 2.00 bits per heavy atom. The lowest BCUT2D eigenvalue weighted by atomic mass is 9.84. The van der Waals surface area contributed by atoms with Crippen molar-refractivity contribution >= 4 is 23.7 Å². The molecule has 1 saturated heterocycles. The number of carbonyl (C=O) groups is 3. The monoisotopic (exact) mass is 527 g/mol. The predicted molar refractivity (Wildman–Crippen MR) is 134 cm³/mol. The normalized spacial score (nSPS) is 19.1. The molecule has 2 aromatic rings. The first-order chi connectivity index (χ1) is 18.3. The second-order valence-electron chi connectivity index (χ2n) is 10.2. The van der Waals surface area contributed by atoms with E-state index in [2.05, 4.69) is 37.2 Å². The van der Waals surface area contributed by atoms with Gasteiger partial charge in [-0.15, -0.1) is 10.2 Å². The fourth-order valence-electron chi connectivity index (χ4n) is 4.91. The number of urea groups is 1. The molecular formula is C25H33N7O6. The fourth-order valence-corrected chi connectivity index (χ4v) is 4.91. The van der Waals surface area contributed by atoms with Gasteiger partial charge in [-0.1, -0.05) is 6.07 Å². The topological polar surface area (TPSA) is 183 Å². The van der Waals surface area contributed by atoms with Crippen molar-refractivity contribution < 1.29 is 29.0 Å². The summed E-state index contributed by atoms with van der Waals surface area (Å²) < 4.78 is 5.34. The second-order valence-corrected chi connectivity index (χ2v) is 10.2. The minimum absolute atomic E-state index is 0.0130. The van der Waals surface area contributed by atoms with Crippen molar-refractivity contribution in [1.29, 1.82) is 0 Å². The molecule has 13 nitrogen and oxygen atoms in total. The minimum Gasteiger partial charge on any atom is -0.480 e. The lowest BCUT2D eigenvalue weighted by Crippen LogP contribution is -2.62. The van der Waals surface area contributed by atoms with Gasteiger partial charge in [0.15, 0.2) is 6.04 Å². The van der Waals surface area contributed by atoms with Crippen LogP contribution in [0.25, 0.3) is 0 Å². The number of hydrogen-bond acceptors (Lipinski definition) is 9. The molecule has 13 heteroatoms. The molecule has 204 valence electrons. The van der Waals surface area contributed by atoms with E-state index in [-0.39, 0.29) is 43.8 Å². The van der Waals surface area contributed by atoms with Crippen molar-refractivity contribution in [3.05, 3.63) is 35.2 Å². The van der Waals surface area contributed by atoms with E-state index < -0.39 is 23.5 Å². The number of nitrogens with one attached hydrogen (secondary N) is 3. The molecule has 4 heterocycles. The molecule has 2 aromatic heterocycles. The first-order valence-electron chi connectivity index (χ1n) is 13.2. The Labute approximate surface area is 219 Å². The van der Waals surface area contributed by atoms with E-state index in [1.807, 2.05) is 6.07 Å². The van der Waals surface area contributed by atoms with Crippen molar-refractivity contribution in [3.63, 3.8) is 0 Å². The summed E-state index contributed by atoms with van der Waals surface area (Å²) in [6.45, 7) is 1.69. The van der Waals surface area contributed by atoms with Crippen molar-refractivity contribution in [1.82, 2.24) is 30.7 Å². The summed E-state index contributed by atoms with van der Waals surface area (Å²) in [5, 5.41) is 36.9. The highest BCUT2D eigenvalue weighted by Crippen LogP contribution is 2.39. The number of aliphatic hydroxyl groups is 1. The van der Waals surface area contributed by atoms with Gasteiger partial charge >= 0.3 is 23.8 Å². The predicted octanol–water partition coefficient (Wildman–Crippen LogP) is 1.05. The zero-order valence-electron chi connectivity index (χ0n) is 21.1. The number of carboxylic acids is 1. The smallest absolute Gasteiger partial charge is 0.329 e. The Kier molecular flexibility index (Phi) is 7.45. The number of amides is 3. The summed E-state index contributed by atoms with van der Waals surface area (Å²) >= 11 is 0. The molecule has 3 amide bonds. The van der Waals surface area contributed by atoms with E-state index in [0.717, 1.165) is 56.6 Å². The largest absolute Gasteiger partial charge is 0.480 e. The average Bonchev–Trinajstić information content (AvgIpc) is 3.65. The number of rotatable bonds is 9. The Morgan fingerprint density at radius 3 is 2.74 bits per heavy atom. The van der Waals surface area contributed by atoms with Crippen LogP contribution in [0.1, 0.15) is 72.3 Å². The number of aromatic nitrogens is 3. The number of piperidine rings is 1. The van der Waals surface area contributed by atoms with Gasteiger partial charge in [0.05, 0.1) is 5.60 Å². The number of aliphatic carboxylic acids is 1. The van der Waals surface area contributed by atoms with Crippen LogP contribution in [0, 0.1) is 0 Å². The van der Waals surface area contributed by atoms with Gasteiger partial charge in [-0.05, 0) is 63.0 Å². The Balaban J connectivity index is 1.07. The van der Waals surface area contributed by atoms with Gasteiger partial charge in [-0.25, -0.2) is 14.6 Å². The molecule has 0 spiro atoms. The highest BCUT2D eigenvalue weighted by molar-refractivity contribution is 5.93. The zero-order chi connectivity index (χ0) is 26.7. The number of nitrogens with zero attached hydrogens (tertiary/aromatic N) is 4. The maximum absolute atomic E-state index is 12.6. The van der Waals surface area contributed by atoms with Crippen LogP contribution in [0.5, 0.6) is 0 Å². The SMILES string of the molecule is O=C(NC(C(=O)O)C1(O)CCN(C(=O)NCCCc2ccc3c(n2)NCCC3)CC1)c1nnc(C2CC2)o1. The third-order valence-electron chi connectivity index (χ3n) is 7.38. The van der Waals surface area contributed by atoms with Gasteiger partial charge < -0.3 is 35.5 Å². The van der Waals surface area contributed by atoms with Crippen molar-refractivity contribution in [3.8, 4) is 0 Å². The highest BCUT2D eigenvalue weighted by atomic mass is 16.4. The molecule has 0 aromatic carbocycles. The van der Waals surface area contributed by atoms with Gasteiger partial charge in [0.1, 0.15) is 5.82 Å². The molecule has 2 aliphatic heterocycles. The third kappa shape index (κ3) is 5.87. The first-order valence-corrected chi connectivity index (χ1v) is 13.2. The lowest BCUT2D eigenvalue weighted by molar-refractivity contribution is -0.149. The first kappa shape index (κ1) is 25.9. The summed E-state index contributed by atoms with van der Waals surface area (Å²) in [6, 6.07) is 2.27. The molecule has 2 fully saturated rings. The Hall–Kier alpha value is -3.74.